The van der Waals surface area contributed by atoms with E-state index >= 15 is 0 Å². The highest BCUT2D eigenvalue weighted by molar-refractivity contribution is 9.10. The highest BCUT2D eigenvalue weighted by Crippen LogP contribution is 2.26. The lowest BCUT2D eigenvalue weighted by molar-refractivity contribution is -0.115. The molecule has 1 N–H and O–H groups in total. The molecule has 2 aromatic rings. The topological polar surface area (TPSA) is 29.1 Å². The first-order valence-electron chi connectivity index (χ1n) is 6.04. The maximum atomic E-state index is 13.5. The van der Waals surface area contributed by atoms with E-state index in [0.717, 1.165) is 9.37 Å². The number of anilines is 1. The Hall–Kier alpha value is -1.33. The van der Waals surface area contributed by atoms with E-state index in [2.05, 4.69) is 21.2 Å². The molecule has 0 spiro atoms. The first kappa shape index (κ1) is 15.1. The number of carbonyl (C=O) groups is 1. The van der Waals surface area contributed by atoms with Gasteiger partial charge in [0.1, 0.15) is 5.82 Å². The first-order chi connectivity index (χ1) is 9.56. The van der Waals surface area contributed by atoms with E-state index < -0.39 is 5.82 Å². The van der Waals surface area contributed by atoms with E-state index in [1.54, 1.807) is 25.1 Å². The molecule has 0 bridgehead atoms. The second-order valence-electron chi connectivity index (χ2n) is 4.18. The number of nitrogens with one attached hydrogen (secondary N) is 1. The summed E-state index contributed by atoms with van der Waals surface area (Å²) in [5.74, 6) is -0.648. The number of hydrogen-bond donors (Lipinski definition) is 1. The predicted octanol–water partition coefficient (Wildman–Crippen LogP) is 4.71. The number of amides is 1. The maximum absolute atomic E-state index is 13.5. The van der Waals surface area contributed by atoms with Crippen molar-refractivity contribution in [2.45, 2.75) is 17.1 Å². The maximum Gasteiger partial charge on any atom is 0.237 e. The Bertz CT molecular complexity index is 603. The predicted molar refractivity (Wildman–Crippen MR) is 84.5 cm³/mol. The standard InChI is InChI=1S/C15H13BrFNOS/c1-10(20-12-8-6-11(16)7-9-12)15(19)18-14-5-3-2-4-13(14)17/h2-10H,1H3,(H,18,19)/t10-/m0/s1. The molecule has 0 aliphatic carbocycles. The van der Waals surface area contributed by atoms with Gasteiger partial charge in [-0.2, -0.15) is 0 Å². The zero-order valence-electron chi connectivity index (χ0n) is 10.8. The summed E-state index contributed by atoms with van der Waals surface area (Å²) in [6.45, 7) is 1.79. The van der Waals surface area contributed by atoms with Gasteiger partial charge in [0.2, 0.25) is 5.91 Å². The number of thioether (sulfide) groups is 1. The Morgan fingerprint density at radius 3 is 2.50 bits per heavy atom. The fraction of sp³-hybridized carbons (Fsp3) is 0.133. The molecule has 0 fully saturated rings. The van der Waals surface area contributed by atoms with Gasteiger partial charge in [-0.15, -0.1) is 11.8 Å². The van der Waals surface area contributed by atoms with Gasteiger partial charge in [0.25, 0.3) is 0 Å². The molecule has 1 amide bonds. The molecule has 20 heavy (non-hydrogen) atoms. The Morgan fingerprint density at radius 1 is 1.20 bits per heavy atom. The molecule has 0 aromatic heterocycles. The van der Waals surface area contributed by atoms with Crippen LogP contribution < -0.4 is 5.32 Å². The second kappa shape index (κ2) is 6.90. The number of hydrogen-bond acceptors (Lipinski definition) is 2. The van der Waals surface area contributed by atoms with E-state index in [0.29, 0.717) is 0 Å². The summed E-state index contributed by atoms with van der Waals surface area (Å²) in [5.41, 5.74) is 0.209. The first-order valence-corrected chi connectivity index (χ1v) is 7.71. The Balaban J connectivity index is 1.99. The lowest BCUT2D eigenvalue weighted by Crippen LogP contribution is -2.22. The average Bonchev–Trinajstić information content (AvgIpc) is 2.44. The lowest BCUT2D eigenvalue weighted by Gasteiger charge is -2.12. The molecule has 0 aliphatic rings. The zero-order chi connectivity index (χ0) is 14.5. The van der Waals surface area contributed by atoms with Gasteiger partial charge in [-0.05, 0) is 43.3 Å². The fourth-order valence-corrected chi connectivity index (χ4v) is 2.70. The van der Waals surface area contributed by atoms with Crippen LogP contribution in [-0.2, 0) is 4.79 Å². The van der Waals surface area contributed by atoms with Crippen molar-refractivity contribution in [3.63, 3.8) is 0 Å². The summed E-state index contributed by atoms with van der Waals surface area (Å²) in [6, 6.07) is 13.8. The van der Waals surface area contributed by atoms with Crippen LogP contribution in [0.25, 0.3) is 0 Å². The number of carbonyl (C=O) groups excluding carboxylic acids is 1. The Labute approximate surface area is 129 Å². The van der Waals surface area contributed by atoms with Crippen LogP contribution >= 0.6 is 27.7 Å². The minimum Gasteiger partial charge on any atom is -0.323 e. The molecule has 0 radical (unpaired) electrons. The summed E-state index contributed by atoms with van der Waals surface area (Å²) in [4.78, 5) is 13.0. The van der Waals surface area contributed by atoms with Crippen LogP contribution in [0.15, 0.2) is 57.9 Å². The number of halogens is 2. The third kappa shape index (κ3) is 4.08. The van der Waals surface area contributed by atoms with Crippen LogP contribution in [0.1, 0.15) is 6.92 Å². The number of rotatable bonds is 4. The van der Waals surface area contributed by atoms with Crippen LogP contribution in [0.5, 0.6) is 0 Å². The van der Waals surface area contributed by atoms with Gasteiger partial charge in [0.15, 0.2) is 0 Å². The molecular weight excluding hydrogens is 341 g/mol. The second-order valence-corrected chi connectivity index (χ2v) is 6.51. The largest absolute Gasteiger partial charge is 0.323 e. The van der Waals surface area contributed by atoms with Gasteiger partial charge in [-0.3, -0.25) is 4.79 Å². The van der Waals surface area contributed by atoms with E-state index in [4.69, 9.17) is 0 Å². The van der Waals surface area contributed by atoms with Crippen molar-refractivity contribution in [1.82, 2.24) is 0 Å². The van der Waals surface area contributed by atoms with E-state index in [1.807, 2.05) is 24.3 Å². The van der Waals surface area contributed by atoms with Crippen LogP contribution in [0, 0.1) is 5.82 Å². The van der Waals surface area contributed by atoms with Crippen LogP contribution in [-0.4, -0.2) is 11.2 Å². The minimum atomic E-state index is -0.429. The molecule has 2 rings (SSSR count). The molecule has 2 aromatic carbocycles. The van der Waals surface area contributed by atoms with Crippen molar-refractivity contribution < 1.29 is 9.18 Å². The SMILES string of the molecule is C[C@H](Sc1ccc(Br)cc1)C(=O)Nc1ccccc1F. The molecule has 0 saturated carbocycles. The summed E-state index contributed by atoms with van der Waals surface area (Å²) >= 11 is 4.79. The number of para-hydroxylation sites is 1. The van der Waals surface area contributed by atoms with Gasteiger partial charge < -0.3 is 5.32 Å². The van der Waals surface area contributed by atoms with Crippen molar-refractivity contribution in [2.75, 3.05) is 5.32 Å². The molecule has 0 unspecified atom stereocenters. The van der Waals surface area contributed by atoms with Gasteiger partial charge >= 0.3 is 0 Å². The third-order valence-electron chi connectivity index (χ3n) is 2.63. The lowest BCUT2D eigenvalue weighted by atomic mass is 10.3. The summed E-state index contributed by atoms with van der Waals surface area (Å²) in [5, 5.41) is 2.29. The molecule has 1 atom stereocenters. The quantitative estimate of drug-likeness (QED) is 0.806. The minimum absolute atomic E-state index is 0.209. The monoisotopic (exact) mass is 353 g/mol. The van der Waals surface area contributed by atoms with Gasteiger partial charge in [0.05, 0.1) is 10.9 Å². The van der Waals surface area contributed by atoms with Crippen LogP contribution in [0.2, 0.25) is 0 Å². The Kier molecular flexibility index (Phi) is 5.20. The van der Waals surface area contributed by atoms with E-state index in [1.165, 1.54) is 17.8 Å². The fourth-order valence-electron chi connectivity index (χ4n) is 1.57. The molecule has 5 heteroatoms. The molecule has 2 nitrogen and oxygen atoms in total. The molecular formula is C15H13BrFNOS. The molecule has 0 aliphatic heterocycles. The van der Waals surface area contributed by atoms with Crippen molar-refractivity contribution in [3.8, 4) is 0 Å². The Morgan fingerprint density at radius 2 is 1.85 bits per heavy atom. The highest BCUT2D eigenvalue weighted by Gasteiger charge is 2.15. The van der Waals surface area contributed by atoms with Crippen LogP contribution in [0.3, 0.4) is 0 Å². The number of benzene rings is 2. The average molecular weight is 354 g/mol. The highest BCUT2D eigenvalue weighted by atomic mass is 79.9. The normalized spacial score (nSPS) is 11.9. The van der Waals surface area contributed by atoms with Crippen LogP contribution in [0.4, 0.5) is 10.1 Å². The molecule has 104 valence electrons. The summed E-state index contributed by atoms with van der Waals surface area (Å²) < 4.78 is 14.4. The molecule has 0 heterocycles. The summed E-state index contributed by atoms with van der Waals surface area (Å²) in [7, 11) is 0. The third-order valence-corrected chi connectivity index (χ3v) is 4.27. The van der Waals surface area contributed by atoms with Gasteiger partial charge in [-0.25, -0.2) is 4.39 Å². The summed E-state index contributed by atoms with van der Waals surface area (Å²) in [6.07, 6.45) is 0. The molecule has 0 saturated heterocycles. The van der Waals surface area contributed by atoms with E-state index in [9.17, 15) is 9.18 Å². The van der Waals surface area contributed by atoms with E-state index in [-0.39, 0.29) is 16.8 Å². The van der Waals surface area contributed by atoms with Crippen molar-refractivity contribution in [3.05, 3.63) is 58.8 Å². The van der Waals surface area contributed by atoms with Crippen molar-refractivity contribution in [1.29, 1.82) is 0 Å². The van der Waals surface area contributed by atoms with Gasteiger partial charge in [-0.1, -0.05) is 28.1 Å². The zero-order valence-corrected chi connectivity index (χ0v) is 13.2. The van der Waals surface area contributed by atoms with Crippen molar-refractivity contribution in [2.24, 2.45) is 0 Å². The van der Waals surface area contributed by atoms with Gasteiger partial charge in [0, 0.05) is 9.37 Å². The van der Waals surface area contributed by atoms with Crippen molar-refractivity contribution >= 4 is 39.3 Å². The smallest absolute Gasteiger partial charge is 0.237 e.